The lowest BCUT2D eigenvalue weighted by Crippen LogP contribution is -2.42. The summed E-state index contributed by atoms with van der Waals surface area (Å²) in [6.45, 7) is -2.56. The zero-order valence-corrected chi connectivity index (χ0v) is 10.5. The van der Waals surface area contributed by atoms with Gasteiger partial charge in [-0.2, -0.15) is 8.78 Å². The van der Waals surface area contributed by atoms with Crippen molar-refractivity contribution in [3.8, 4) is 5.75 Å². The maximum absolute atomic E-state index is 12.2. The van der Waals surface area contributed by atoms with E-state index in [0.29, 0.717) is 0 Å². The summed E-state index contributed by atoms with van der Waals surface area (Å²) in [5.74, 6) is -0.603. The third-order valence-corrected chi connectivity index (χ3v) is 2.52. The van der Waals surface area contributed by atoms with Crippen LogP contribution in [0.25, 0.3) is 0 Å². The summed E-state index contributed by atoms with van der Waals surface area (Å²) in [6, 6.07) is 3.27. The van der Waals surface area contributed by atoms with Crippen molar-refractivity contribution in [2.24, 2.45) is 0 Å². The molecule has 0 radical (unpaired) electrons. The predicted octanol–water partition coefficient (Wildman–Crippen LogP) is 1.35. The maximum Gasteiger partial charge on any atom is 0.387 e. The molecule has 0 saturated carbocycles. The summed E-state index contributed by atoms with van der Waals surface area (Å²) in [6.07, 6.45) is 0. The number of aliphatic hydroxyl groups excluding tert-OH is 2. The Morgan fingerprint density at radius 2 is 2.05 bits per heavy atom. The molecule has 3 N–H and O–H groups in total. The number of nitrogens with zero attached hydrogens (tertiary/aromatic N) is 1. The summed E-state index contributed by atoms with van der Waals surface area (Å²) in [5, 5.41) is 31.6. The Labute approximate surface area is 112 Å². The summed E-state index contributed by atoms with van der Waals surface area (Å²) < 4.78 is 28.5. The van der Waals surface area contributed by atoms with Crippen LogP contribution in [-0.2, 0) is 0 Å². The van der Waals surface area contributed by atoms with Crippen molar-refractivity contribution in [2.45, 2.75) is 19.1 Å². The van der Waals surface area contributed by atoms with Gasteiger partial charge in [0.25, 0.3) is 0 Å². The molecule has 1 aromatic rings. The van der Waals surface area contributed by atoms with Gasteiger partial charge in [-0.3, -0.25) is 10.1 Å². The van der Waals surface area contributed by atoms with Gasteiger partial charge < -0.3 is 20.3 Å². The monoisotopic (exact) mass is 292 g/mol. The van der Waals surface area contributed by atoms with E-state index >= 15 is 0 Å². The Hall–Kier alpha value is -2.00. The number of hydrogen-bond donors (Lipinski definition) is 3. The minimum absolute atomic E-state index is 0.192. The molecule has 0 unspecified atom stereocenters. The Kier molecular flexibility index (Phi) is 5.17. The minimum Gasteiger partial charge on any atom is -0.427 e. The van der Waals surface area contributed by atoms with Gasteiger partial charge in [-0.25, -0.2) is 0 Å². The Bertz CT molecular complexity index is 480. The van der Waals surface area contributed by atoms with E-state index in [1.54, 1.807) is 0 Å². The fourth-order valence-electron chi connectivity index (χ4n) is 1.41. The molecule has 0 spiro atoms. The van der Waals surface area contributed by atoms with Gasteiger partial charge >= 0.3 is 12.3 Å². The van der Waals surface area contributed by atoms with Crippen LogP contribution in [0.1, 0.15) is 6.92 Å². The number of halogens is 2. The van der Waals surface area contributed by atoms with E-state index in [1.807, 2.05) is 0 Å². The fourth-order valence-corrected chi connectivity index (χ4v) is 1.41. The molecular formula is C11H14F2N2O5. The van der Waals surface area contributed by atoms with Crippen LogP contribution in [0.4, 0.5) is 20.2 Å². The van der Waals surface area contributed by atoms with Crippen LogP contribution < -0.4 is 10.1 Å². The molecule has 20 heavy (non-hydrogen) atoms. The van der Waals surface area contributed by atoms with E-state index in [1.165, 1.54) is 13.0 Å². The summed E-state index contributed by atoms with van der Waals surface area (Å²) >= 11 is 0. The second-order valence-corrected chi connectivity index (χ2v) is 4.32. The third kappa shape index (κ3) is 4.00. The van der Waals surface area contributed by atoms with Crippen molar-refractivity contribution in [3.05, 3.63) is 28.3 Å². The second-order valence-electron chi connectivity index (χ2n) is 4.32. The van der Waals surface area contributed by atoms with Crippen molar-refractivity contribution in [3.63, 3.8) is 0 Å². The summed E-state index contributed by atoms with van der Waals surface area (Å²) in [5.41, 5.74) is -1.51. The predicted molar refractivity (Wildman–Crippen MR) is 65.9 cm³/mol. The van der Waals surface area contributed by atoms with Gasteiger partial charge in [-0.05, 0) is 13.0 Å². The molecule has 9 heteroatoms. The van der Waals surface area contributed by atoms with Crippen LogP contribution in [-0.4, -0.2) is 40.5 Å². The molecule has 0 heterocycles. The number of hydrogen-bond acceptors (Lipinski definition) is 6. The number of rotatable bonds is 7. The first-order valence-electron chi connectivity index (χ1n) is 5.54. The lowest BCUT2D eigenvalue weighted by atomic mass is 10.0. The SMILES string of the molecule is CC(CO)(CO)Nc1ccc([N+](=O)[O-])c(OC(F)F)c1. The Morgan fingerprint density at radius 3 is 2.50 bits per heavy atom. The molecule has 0 aromatic heterocycles. The van der Waals surface area contributed by atoms with Gasteiger partial charge in [0.1, 0.15) is 0 Å². The molecule has 7 nitrogen and oxygen atoms in total. The standard InChI is InChI=1S/C11H14F2N2O5/c1-11(5-16,6-17)14-7-2-3-8(15(18)19)9(4-7)20-10(12)13/h2-4,10,14,16-17H,5-6H2,1H3. The quantitative estimate of drug-likeness (QED) is 0.517. The number of anilines is 1. The van der Waals surface area contributed by atoms with Crippen LogP contribution in [0.15, 0.2) is 18.2 Å². The van der Waals surface area contributed by atoms with Crippen LogP contribution in [0.2, 0.25) is 0 Å². The lowest BCUT2D eigenvalue weighted by Gasteiger charge is -2.27. The molecule has 0 saturated heterocycles. The molecule has 0 atom stereocenters. The molecule has 0 bridgehead atoms. The number of benzene rings is 1. The average molecular weight is 292 g/mol. The molecule has 1 aromatic carbocycles. The van der Waals surface area contributed by atoms with Gasteiger partial charge in [0.05, 0.1) is 23.7 Å². The van der Waals surface area contributed by atoms with Crippen molar-refractivity contribution in [1.29, 1.82) is 0 Å². The third-order valence-electron chi connectivity index (χ3n) is 2.52. The maximum atomic E-state index is 12.2. The van der Waals surface area contributed by atoms with Gasteiger partial charge in [0.2, 0.25) is 5.75 Å². The van der Waals surface area contributed by atoms with Crippen molar-refractivity contribution >= 4 is 11.4 Å². The second kappa shape index (κ2) is 6.44. The zero-order chi connectivity index (χ0) is 15.3. The van der Waals surface area contributed by atoms with E-state index < -0.39 is 41.7 Å². The first kappa shape index (κ1) is 16.1. The highest BCUT2D eigenvalue weighted by molar-refractivity contribution is 5.59. The molecule has 112 valence electrons. The number of nitrogens with one attached hydrogen (secondary N) is 1. The molecule has 1 rings (SSSR count). The number of aliphatic hydroxyl groups is 2. The molecule has 0 fully saturated rings. The fraction of sp³-hybridized carbons (Fsp3) is 0.455. The molecule has 0 aliphatic rings. The van der Waals surface area contributed by atoms with Gasteiger partial charge in [0, 0.05) is 17.8 Å². The van der Waals surface area contributed by atoms with Crippen molar-refractivity contribution in [1.82, 2.24) is 0 Å². The highest BCUT2D eigenvalue weighted by Gasteiger charge is 2.24. The van der Waals surface area contributed by atoms with Gasteiger partial charge in [-0.15, -0.1) is 0 Å². The zero-order valence-electron chi connectivity index (χ0n) is 10.5. The van der Waals surface area contributed by atoms with Crippen LogP contribution in [0.5, 0.6) is 5.75 Å². The first-order chi connectivity index (χ1) is 9.31. The van der Waals surface area contributed by atoms with E-state index in [-0.39, 0.29) is 5.69 Å². The molecule has 0 amide bonds. The van der Waals surface area contributed by atoms with Crippen molar-refractivity contribution in [2.75, 3.05) is 18.5 Å². The van der Waals surface area contributed by atoms with Crippen molar-refractivity contribution < 1.29 is 28.7 Å². The number of nitro benzene ring substituents is 1. The highest BCUT2D eigenvalue weighted by Crippen LogP contribution is 2.32. The molecule has 0 aliphatic heterocycles. The lowest BCUT2D eigenvalue weighted by molar-refractivity contribution is -0.386. The van der Waals surface area contributed by atoms with Gasteiger partial charge in [-0.1, -0.05) is 0 Å². The number of nitro groups is 1. The van der Waals surface area contributed by atoms with Crippen LogP contribution >= 0.6 is 0 Å². The molecule has 0 aliphatic carbocycles. The summed E-state index contributed by atoms with van der Waals surface area (Å²) in [4.78, 5) is 9.84. The highest BCUT2D eigenvalue weighted by atomic mass is 19.3. The van der Waals surface area contributed by atoms with Gasteiger partial charge in [0.15, 0.2) is 0 Å². The molecular weight excluding hydrogens is 278 g/mol. The van der Waals surface area contributed by atoms with E-state index in [0.717, 1.165) is 12.1 Å². The Morgan fingerprint density at radius 1 is 1.45 bits per heavy atom. The topological polar surface area (TPSA) is 105 Å². The van der Waals surface area contributed by atoms with E-state index in [2.05, 4.69) is 10.1 Å². The number of ether oxygens (including phenoxy) is 1. The normalized spacial score (nSPS) is 11.5. The largest absolute Gasteiger partial charge is 0.427 e. The average Bonchev–Trinajstić information content (AvgIpc) is 2.37. The van der Waals surface area contributed by atoms with Crippen LogP contribution in [0, 0.1) is 10.1 Å². The first-order valence-corrected chi connectivity index (χ1v) is 5.54. The van der Waals surface area contributed by atoms with E-state index in [9.17, 15) is 18.9 Å². The van der Waals surface area contributed by atoms with Crippen LogP contribution in [0.3, 0.4) is 0 Å². The summed E-state index contributed by atoms with van der Waals surface area (Å²) in [7, 11) is 0. The number of alkyl halides is 2. The smallest absolute Gasteiger partial charge is 0.387 e. The Balaban J connectivity index is 3.09. The minimum atomic E-state index is -3.20. The van der Waals surface area contributed by atoms with E-state index in [4.69, 9.17) is 10.2 Å².